The standard InChI is InChI=1S/C11H16O3/c1-7(12)11(10(13)14-2)6-8-3-4-9(11)5-8/h3-4,7-9,12H,5-6H2,1-2H3/t7?,8-,9+,11?/m0/s1. The third kappa shape index (κ3) is 1.05. The fraction of sp³-hybridized carbons (Fsp3) is 0.727. The fourth-order valence-corrected chi connectivity index (χ4v) is 2.97. The minimum absolute atomic E-state index is 0.167. The molecule has 2 rings (SSSR count). The van der Waals surface area contributed by atoms with Crippen LogP contribution in [0.15, 0.2) is 12.2 Å². The maximum atomic E-state index is 11.8. The summed E-state index contributed by atoms with van der Waals surface area (Å²) >= 11 is 0. The predicted molar refractivity (Wildman–Crippen MR) is 51.5 cm³/mol. The highest BCUT2D eigenvalue weighted by Gasteiger charge is 2.57. The Labute approximate surface area is 83.8 Å². The smallest absolute Gasteiger partial charge is 0.315 e. The van der Waals surface area contributed by atoms with Gasteiger partial charge in [-0.3, -0.25) is 4.79 Å². The minimum atomic E-state index is -0.672. The number of carbonyl (C=O) groups excluding carboxylic acids is 1. The maximum absolute atomic E-state index is 11.8. The van der Waals surface area contributed by atoms with Crippen molar-refractivity contribution in [3.63, 3.8) is 0 Å². The number of esters is 1. The lowest BCUT2D eigenvalue weighted by atomic mass is 9.72. The van der Waals surface area contributed by atoms with Gasteiger partial charge in [0, 0.05) is 0 Å². The Kier molecular flexibility index (Phi) is 2.14. The molecule has 2 aliphatic carbocycles. The van der Waals surface area contributed by atoms with Crippen molar-refractivity contribution >= 4 is 5.97 Å². The number of carbonyl (C=O) groups is 1. The van der Waals surface area contributed by atoms with Crippen molar-refractivity contribution in [2.75, 3.05) is 7.11 Å². The first kappa shape index (κ1) is 9.71. The van der Waals surface area contributed by atoms with Gasteiger partial charge in [0.1, 0.15) is 5.41 Å². The van der Waals surface area contributed by atoms with Crippen molar-refractivity contribution in [1.82, 2.24) is 0 Å². The molecule has 14 heavy (non-hydrogen) atoms. The molecular weight excluding hydrogens is 180 g/mol. The lowest BCUT2D eigenvalue weighted by Crippen LogP contribution is -2.45. The van der Waals surface area contributed by atoms with Crippen LogP contribution in [0.25, 0.3) is 0 Å². The van der Waals surface area contributed by atoms with E-state index in [1.807, 2.05) is 0 Å². The summed E-state index contributed by atoms with van der Waals surface area (Å²) < 4.78 is 4.82. The molecule has 2 unspecified atom stereocenters. The maximum Gasteiger partial charge on any atom is 0.315 e. The van der Waals surface area contributed by atoms with E-state index < -0.39 is 11.5 Å². The minimum Gasteiger partial charge on any atom is -0.468 e. The van der Waals surface area contributed by atoms with Crippen LogP contribution in [0.2, 0.25) is 0 Å². The molecule has 3 heteroatoms. The van der Waals surface area contributed by atoms with E-state index in [0.717, 1.165) is 12.8 Å². The molecule has 1 saturated carbocycles. The van der Waals surface area contributed by atoms with Crippen molar-refractivity contribution < 1.29 is 14.6 Å². The van der Waals surface area contributed by atoms with Gasteiger partial charge in [0.2, 0.25) is 0 Å². The highest BCUT2D eigenvalue weighted by molar-refractivity contribution is 5.79. The van der Waals surface area contributed by atoms with Crippen LogP contribution in [0.1, 0.15) is 19.8 Å². The number of rotatable bonds is 2. The van der Waals surface area contributed by atoms with Gasteiger partial charge in [0.15, 0.2) is 0 Å². The molecule has 0 amide bonds. The number of hydrogen-bond donors (Lipinski definition) is 1. The molecule has 1 N–H and O–H groups in total. The number of ether oxygens (including phenoxy) is 1. The Hall–Kier alpha value is -0.830. The molecule has 0 aromatic carbocycles. The van der Waals surface area contributed by atoms with Crippen molar-refractivity contribution in [2.45, 2.75) is 25.9 Å². The first-order valence-electron chi connectivity index (χ1n) is 5.06. The molecule has 0 aromatic heterocycles. The molecule has 1 fully saturated rings. The molecule has 3 nitrogen and oxygen atoms in total. The molecule has 0 spiro atoms. The van der Waals surface area contributed by atoms with E-state index in [9.17, 15) is 9.90 Å². The Morgan fingerprint density at radius 3 is 2.71 bits per heavy atom. The quantitative estimate of drug-likeness (QED) is 0.532. The Morgan fingerprint density at radius 1 is 1.64 bits per heavy atom. The number of aliphatic hydroxyl groups excluding tert-OH is 1. The van der Waals surface area contributed by atoms with Crippen molar-refractivity contribution in [2.24, 2.45) is 17.3 Å². The van der Waals surface area contributed by atoms with Crippen LogP contribution in [-0.2, 0) is 9.53 Å². The number of methoxy groups -OCH3 is 1. The van der Waals surface area contributed by atoms with Crippen LogP contribution in [0.4, 0.5) is 0 Å². The summed E-state index contributed by atoms with van der Waals surface area (Å²) in [7, 11) is 1.39. The van der Waals surface area contributed by atoms with Gasteiger partial charge in [-0.2, -0.15) is 0 Å². The van der Waals surface area contributed by atoms with Gasteiger partial charge >= 0.3 is 5.97 Å². The van der Waals surface area contributed by atoms with Gasteiger partial charge in [-0.15, -0.1) is 0 Å². The Bertz CT molecular complexity index is 282. The normalized spacial score (nSPS) is 41.4. The number of fused-ring (bicyclic) bond motifs is 2. The van der Waals surface area contributed by atoms with Crippen LogP contribution in [0, 0.1) is 17.3 Å². The van der Waals surface area contributed by atoms with Gasteiger partial charge < -0.3 is 9.84 Å². The van der Waals surface area contributed by atoms with E-state index in [1.54, 1.807) is 6.92 Å². The van der Waals surface area contributed by atoms with E-state index in [2.05, 4.69) is 12.2 Å². The monoisotopic (exact) mass is 196 g/mol. The second-order valence-corrected chi connectivity index (χ2v) is 4.40. The largest absolute Gasteiger partial charge is 0.468 e. The summed E-state index contributed by atoms with van der Waals surface area (Å²) in [6.07, 6.45) is 5.29. The second-order valence-electron chi connectivity index (χ2n) is 4.40. The summed E-state index contributed by atoms with van der Waals surface area (Å²) in [5, 5.41) is 9.79. The predicted octanol–water partition coefficient (Wildman–Crippen LogP) is 1.12. The van der Waals surface area contributed by atoms with Gasteiger partial charge in [-0.05, 0) is 31.6 Å². The SMILES string of the molecule is COC(=O)C1(C(C)O)C[C@H]2C=C[C@@H]1C2. The third-order valence-electron chi connectivity index (χ3n) is 3.74. The van der Waals surface area contributed by atoms with E-state index in [0.29, 0.717) is 5.92 Å². The van der Waals surface area contributed by atoms with Crippen molar-refractivity contribution in [3.8, 4) is 0 Å². The molecule has 4 atom stereocenters. The first-order valence-corrected chi connectivity index (χ1v) is 5.06. The average molecular weight is 196 g/mol. The number of aliphatic hydroxyl groups is 1. The number of allylic oxidation sites excluding steroid dienone is 2. The van der Waals surface area contributed by atoms with E-state index >= 15 is 0 Å². The molecule has 0 aliphatic heterocycles. The van der Waals surface area contributed by atoms with Crippen LogP contribution in [0.3, 0.4) is 0 Å². The van der Waals surface area contributed by atoms with Crippen molar-refractivity contribution in [1.29, 1.82) is 0 Å². The molecule has 0 heterocycles. The molecule has 2 bridgehead atoms. The van der Waals surface area contributed by atoms with Gasteiger partial charge in [0.25, 0.3) is 0 Å². The zero-order valence-corrected chi connectivity index (χ0v) is 8.56. The first-order chi connectivity index (χ1) is 6.61. The van der Waals surface area contributed by atoms with Gasteiger partial charge in [-0.1, -0.05) is 12.2 Å². The highest BCUT2D eigenvalue weighted by atomic mass is 16.5. The van der Waals surface area contributed by atoms with Crippen LogP contribution in [-0.4, -0.2) is 24.3 Å². The topological polar surface area (TPSA) is 46.5 Å². The zero-order valence-electron chi connectivity index (χ0n) is 8.56. The zero-order chi connectivity index (χ0) is 10.3. The number of hydrogen-bond acceptors (Lipinski definition) is 3. The van der Waals surface area contributed by atoms with E-state index in [-0.39, 0.29) is 11.9 Å². The fourth-order valence-electron chi connectivity index (χ4n) is 2.97. The summed E-state index contributed by atoms with van der Waals surface area (Å²) in [5.41, 5.74) is -0.672. The molecule has 78 valence electrons. The van der Waals surface area contributed by atoms with Crippen LogP contribution in [0.5, 0.6) is 0 Å². The van der Waals surface area contributed by atoms with Crippen LogP contribution >= 0.6 is 0 Å². The van der Waals surface area contributed by atoms with E-state index in [4.69, 9.17) is 4.74 Å². The summed E-state index contributed by atoms with van der Waals surface area (Å²) in [6.45, 7) is 1.69. The molecule has 0 radical (unpaired) electrons. The highest BCUT2D eigenvalue weighted by Crippen LogP contribution is 2.54. The summed E-state index contributed by atoms with van der Waals surface area (Å²) in [5.74, 6) is 0.359. The Morgan fingerprint density at radius 2 is 2.36 bits per heavy atom. The van der Waals surface area contributed by atoms with E-state index in [1.165, 1.54) is 7.11 Å². The van der Waals surface area contributed by atoms with Crippen molar-refractivity contribution in [3.05, 3.63) is 12.2 Å². The lowest BCUT2D eigenvalue weighted by molar-refractivity contribution is -0.162. The van der Waals surface area contributed by atoms with Gasteiger partial charge in [-0.25, -0.2) is 0 Å². The lowest BCUT2D eigenvalue weighted by Gasteiger charge is -2.35. The second kappa shape index (κ2) is 3.09. The average Bonchev–Trinajstić information content (AvgIpc) is 2.75. The summed E-state index contributed by atoms with van der Waals surface area (Å²) in [4.78, 5) is 11.8. The van der Waals surface area contributed by atoms with Crippen LogP contribution < -0.4 is 0 Å². The molecule has 0 aromatic rings. The summed E-state index contributed by atoms with van der Waals surface area (Å²) in [6, 6.07) is 0. The third-order valence-corrected chi connectivity index (χ3v) is 3.74. The molecule has 0 saturated heterocycles. The van der Waals surface area contributed by atoms with Gasteiger partial charge in [0.05, 0.1) is 13.2 Å². The Balaban J connectivity index is 2.33. The molecule has 2 aliphatic rings. The molecular formula is C11H16O3.